The van der Waals surface area contributed by atoms with Crippen molar-refractivity contribution in [2.24, 2.45) is 5.73 Å². The number of rotatable bonds is 3. The number of aryl methyl sites for hydroxylation is 1. The molecule has 16 heavy (non-hydrogen) atoms. The molecule has 1 aliphatic rings. The molecule has 0 bridgehead atoms. The molecule has 3 nitrogen and oxygen atoms in total. The van der Waals surface area contributed by atoms with Crippen LogP contribution in [-0.4, -0.2) is 15.8 Å². The number of nitrogens with zero attached hydrogens (tertiary/aromatic N) is 2. The summed E-state index contributed by atoms with van der Waals surface area (Å²) in [6.07, 6.45) is 3.94. The van der Waals surface area contributed by atoms with Gasteiger partial charge in [-0.2, -0.15) is 5.10 Å². The molecule has 0 saturated heterocycles. The zero-order valence-corrected chi connectivity index (χ0v) is 10.2. The zero-order chi connectivity index (χ0) is 11.8. The van der Waals surface area contributed by atoms with E-state index in [0.29, 0.717) is 36.5 Å². The summed E-state index contributed by atoms with van der Waals surface area (Å²) in [5.74, 6) is 0. The van der Waals surface area contributed by atoms with Gasteiger partial charge in [-0.15, -0.1) is 0 Å². The van der Waals surface area contributed by atoms with E-state index in [1.807, 2.05) is 6.92 Å². The summed E-state index contributed by atoms with van der Waals surface area (Å²) in [4.78, 5) is 0. The van der Waals surface area contributed by atoms with Crippen LogP contribution in [0.4, 0.5) is 4.39 Å². The quantitative estimate of drug-likeness (QED) is 0.890. The number of aromatic nitrogens is 2. The van der Waals surface area contributed by atoms with Crippen LogP contribution < -0.4 is 5.73 Å². The monoisotopic (exact) mass is 245 g/mol. The van der Waals surface area contributed by atoms with Crippen molar-refractivity contribution >= 4 is 11.6 Å². The lowest BCUT2D eigenvalue weighted by atomic mass is 9.99. The van der Waals surface area contributed by atoms with Crippen molar-refractivity contribution in [3.8, 4) is 0 Å². The van der Waals surface area contributed by atoms with Gasteiger partial charge < -0.3 is 5.73 Å². The molecule has 0 aliphatic heterocycles. The molecule has 5 heteroatoms. The van der Waals surface area contributed by atoms with Crippen molar-refractivity contribution in [2.75, 3.05) is 0 Å². The minimum atomic E-state index is -1.39. The summed E-state index contributed by atoms with van der Waals surface area (Å²) in [6.45, 7) is 2.73. The van der Waals surface area contributed by atoms with Crippen molar-refractivity contribution < 1.29 is 4.39 Å². The second-order valence-electron chi connectivity index (χ2n) is 4.53. The largest absolute Gasteiger partial charge is 0.328 e. The highest BCUT2D eigenvalue weighted by atomic mass is 35.5. The maximum Gasteiger partial charge on any atom is 0.155 e. The first-order valence-electron chi connectivity index (χ1n) is 5.73. The van der Waals surface area contributed by atoms with E-state index in [2.05, 4.69) is 5.10 Å². The molecular weight excluding hydrogens is 229 g/mol. The molecule has 2 atom stereocenters. The summed E-state index contributed by atoms with van der Waals surface area (Å²) in [5.41, 5.74) is 4.91. The fraction of sp³-hybridized carbons (Fsp3) is 0.727. The van der Waals surface area contributed by atoms with Crippen molar-refractivity contribution in [3.63, 3.8) is 0 Å². The highest BCUT2D eigenvalue weighted by Gasteiger charge is 2.43. The molecule has 0 aromatic carbocycles. The molecular formula is C11H17ClFN3. The van der Waals surface area contributed by atoms with E-state index in [1.54, 1.807) is 4.68 Å². The third kappa shape index (κ3) is 1.96. The van der Waals surface area contributed by atoms with Crippen molar-refractivity contribution in [1.29, 1.82) is 0 Å². The summed E-state index contributed by atoms with van der Waals surface area (Å²) < 4.78 is 16.4. The van der Waals surface area contributed by atoms with Crippen LogP contribution in [0.5, 0.6) is 0 Å². The molecule has 0 spiro atoms. The van der Waals surface area contributed by atoms with Gasteiger partial charge >= 0.3 is 0 Å². The topological polar surface area (TPSA) is 43.8 Å². The van der Waals surface area contributed by atoms with Crippen LogP contribution in [0.3, 0.4) is 0 Å². The maximum absolute atomic E-state index is 14.7. The van der Waals surface area contributed by atoms with Gasteiger partial charge in [0.15, 0.2) is 5.67 Å². The van der Waals surface area contributed by atoms with Crippen LogP contribution in [0, 0.1) is 0 Å². The normalized spacial score (nSPS) is 29.9. The van der Waals surface area contributed by atoms with E-state index in [1.165, 1.54) is 6.20 Å². The van der Waals surface area contributed by atoms with Gasteiger partial charge in [-0.25, -0.2) is 4.39 Å². The molecule has 1 fully saturated rings. The lowest BCUT2D eigenvalue weighted by molar-refractivity contribution is 0.157. The lowest BCUT2D eigenvalue weighted by Gasteiger charge is -2.21. The highest BCUT2D eigenvalue weighted by molar-refractivity contribution is 6.31. The average molecular weight is 246 g/mol. The van der Waals surface area contributed by atoms with E-state index in [4.69, 9.17) is 17.3 Å². The van der Waals surface area contributed by atoms with Gasteiger partial charge in [0.2, 0.25) is 0 Å². The Morgan fingerprint density at radius 3 is 3.06 bits per heavy atom. The molecule has 1 saturated carbocycles. The van der Waals surface area contributed by atoms with E-state index in [0.717, 1.165) is 6.42 Å². The van der Waals surface area contributed by atoms with Gasteiger partial charge in [-0.1, -0.05) is 18.5 Å². The first-order valence-corrected chi connectivity index (χ1v) is 6.11. The first-order chi connectivity index (χ1) is 7.57. The third-order valence-corrected chi connectivity index (χ3v) is 3.43. The van der Waals surface area contributed by atoms with Crippen LogP contribution in [0.2, 0.25) is 5.02 Å². The van der Waals surface area contributed by atoms with Crippen LogP contribution >= 0.6 is 11.6 Å². The van der Waals surface area contributed by atoms with E-state index >= 15 is 0 Å². The number of alkyl halides is 1. The SMILES string of the molecule is CCCn1ncc(Cl)c1C1(F)CCC(N)C1. The van der Waals surface area contributed by atoms with Gasteiger partial charge in [0.05, 0.1) is 16.9 Å². The van der Waals surface area contributed by atoms with Crippen molar-refractivity contribution in [3.05, 3.63) is 16.9 Å². The van der Waals surface area contributed by atoms with E-state index in [9.17, 15) is 4.39 Å². The molecule has 2 rings (SSSR count). The van der Waals surface area contributed by atoms with Crippen molar-refractivity contribution in [2.45, 2.75) is 50.9 Å². The Balaban J connectivity index is 2.34. The molecule has 2 unspecified atom stereocenters. The molecule has 1 aromatic heterocycles. The van der Waals surface area contributed by atoms with Gasteiger partial charge in [0.25, 0.3) is 0 Å². The van der Waals surface area contributed by atoms with Gasteiger partial charge in [-0.05, 0) is 19.3 Å². The Labute approximate surface area is 99.8 Å². The first kappa shape index (κ1) is 11.9. The average Bonchev–Trinajstić information content (AvgIpc) is 2.73. The second-order valence-corrected chi connectivity index (χ2v) is 4.94. The van der Waals surface area contributed by atoms with E-state index < -0.39 is 5.67 Å². The number of halogens is 2. The van der Waals surface area contributed by atoms with Crippen LogP contribution in [-0.2, 0) is 12.2 Å². The number of hydrogen-bond acceptors (Lipinski definition) is 2. The molecule has 90 valence electrons. The fourth-order valence-corrected chi connectivity index (χ4v) is 2.75. The van der Waals surface area contributed by atoms with Gasteiger partial charge in [-0.3, -0.25) is 4.68 Å². The Kier molecular flexibility index (Phi) is 3.22. The smallest absolute Gasteiger partial charge is 0.155 e. The molecule has 2 N–H and O–H groups in total. The lowest BCUT2D eigenvalue weighted by Crippen LogP contribution is -2.25. The van der Waals surface area contributed by atoms with Crippen LogP contribution in [0.15, 0.2) is 6.20 Å². The third-order valence-electron chi connectivity index (χ3n) is 3.15. The minimum Gasteiger partial charge on any atom is -0.328 e. The Morgan fingerprint density at radius 2 is 2.50 bits per heavy atom. The fourth-order valence-electron chi connectivity index (χ4n) is 2.44. The Bertz CT molecular complexity index is 379. The standard InChI is InChI=1S/C11H17ClFN3/c1-2-5-16-10(9(12)7-15-16)11(13)4-3-8(14)6-11/h7-8H,2-6,14H2,1H3. The summed E-state index contributed by atoms with van der Waals surface area (Å²) >= 11 is 6.03. The molecule has 1 aromatic rings. The predicted octanol–water partition coefficient (Wildman–Crippen LogP) is 2.62. The van der Waals surface area contributed by atoms with Crippen LogP contribution in [0.1, 0.15) is 38.3 Å². The summed E-state index contributed by atoms with van der Waals surface area (Å²) in [6, 6.07) is -0.0638. The molecule has 0 radical (unpaired) electrons. The Morgan fingerprint density at radius 1 is 1.75 bits per heavy atom. The second kappa shape index (κ2) is 4.34. The van der Waals surface area contributed by atoms with Gasteiger partial charge in [0.1, 0.15) is 0 Å². The number of hydrogen-bond donors (Lipinski definition) is 1. The number of nitrogens with two attached hydrogens (primary N) is 1. The molecule has 1 heterocycles. The van der Waals surface area contributed by atoms with Crippen molar-refractivity contribution in [1.82, 2.24) is 9.78 Å². The van der Waals surface area contributed by atoms with Gasteiger partial charge in [0, 0.05) is 19.0 Å². The molecule has 1 aliphatic carbocycles. The predicted molar refractivity (Wildman–Crippen MR) is 62.1 cm³/mol. The van der Waals surface area contributed by atoms with Crippen LogP contribution in [0.25, 0.3) is 0 Å². The molecule has 0 amide bonds. The highest BCUT2D eigenvalue weighted by Crippen LogP contribution is 2.44. The Hall–Kier alpha value is -0.610. The summed E-state index contributed by atoms with van der Waals surface area (Å²) in [5, 5.41) is 4.55. The maximum atomic E-state index is 14.7. The summed E-state index contributed by atoms with van der Waals surface area (Å²) in [7, 11) is 0. The minimum absolute atomic E-state index is 0.0638. The van der Waals surface area contributed by atoms with E-state index in [-0.39, 0.29) is 6.04 Å². The zero-order valence-electron chi connectivity index (χ0n) is 9.42.